The predicted octanol–water partition coefficient (Wildman–Crippen LogP) is 4.37. The molecule has 4 atom stereocenters. The SMILES string of the molecule is CC(=O)O[C@H]1C/C=C(/C)C(=O)C[C@@H]2[C@@](C)(C/C=C/1C)CC[C@@]2(O)C(C)C. The zero-order valence-corrected chi connectivity index (χ0v) is 17.1. The Bertz CT molecular complexity index is 630. The van der Waals surface area contributed by atoms with Gasteiger partial charge in [0, 0.05) is 25.7 Å². The Balaban J connectivity index is 2.45. The third-order valence-corrected chi connectivity index (χ3v) is 6.71. The highest BCUT2D eigenvalue weighted by Gasteiger charge is 2.55. The van der Waals surface area contributed by atoms with Crippen LogP contribution in [0.4, 0.5) is 0 Å². The van der Waals surface area contributed by atoms with Gasteiger partial charge in [0.25, 0.3) is 0 Å². The van der Waals surface area contributed by atoms with Gasteiger partial charge in [-0.05, 0) is 55.6 Å². The standard InChI is InChI=1S/C22H34O4/c1-14(2)22(25)12-11-21(6)10-9-16(4)19(26-17(5)23)8-7-15(3)18(24)13-20(21)22/h7,9,14,19-20,25H,8,10-13H2,1-6H3/b15-7-,16-9+/t19-,20+,21-,22+/m0/s1. The van der Waals surface area contributed by atoms with Crippen LogP contribution in [0.5, 0.6) is 0 Å². The third-order valence-electron chi connectivity index (χ3n) is 6.71. The number of rotatable bonds is 2. The Labute approximate surface area is 157 Å². The van der Waals surface area contributed by atoms with Gasteiger partial charge in [-0.3, -0.25) is 9.59 Å². The molecular formula is C22H34O4. The van der Waals surface area contributed by atoms with Gasteiger partial charge in [-0.15, -0.1) is 0 Å². The van der Waals surface area contributed by atoms with E-state index in [9.17, 15) is 14.7 Å². The maximum atomic E-state index is 12.8. The molecule has 0 spiro atoms. The molecule has 0 aromatic carbocycles. The van der Waals surface area contributed by atoms with Gasteiger partial charge in [0.1, 0.15) is 6.10 Å². The number of fused-ring (bicyclic) bond motifs is 1. The second-order valence-electron chi connectivity index (χ2n) is 8.85. The lowest BCUT2D eigenvalue weighted by Crippen LogP contribution is -2.44. The van der Waals surface area contributed by atoms with Crippen molar-refractivity contribution < 1.29 is 19.4 Å². The summed E-state index contributed by atoms with van der Waals surface area (Å²) in [7, 11) is 0. The van der Waals surface area contributed by atoms with E-state index in [1.807, 2.05) is 33.8 Å². The van der Waals surface area contributed by atoms with Gasteiger partial charge in [-0.25, -0.2) is 0 Å². The summed E-state index contributed by atoms with van der Waals surface area (Å²) in [5, 5.41) is 11.4. The van der Waals surface area contributed by atoms with E-state index < -0.39 is 5.60 Å². The molecule has 26 heavy (non-hydrogen) atoms. The van der Waals surface area contributed by atoms with Gasteiger partial charge in [0.2, 0.25) is 0 Å². The number of carbonyl (C=O) groups excluding carboxylic acids is 2. The Morgan fingerprint density at radius 2 is 1.92 bits per heavy atom. The fourth-order valence-corrected chi connectivity index (χ4v) is 4.59. The van der Waals surface area contributed by atoms with E-state index in [2.05, 4.69) is 13.0 Å². The molecule has 0 radical (unpaired) electrons. The van der Waals surface area contributed by atoms with E-state index in [4.69, 9.17) is 4.74 Å². The Kier molecular flexibility index (Phi) is 6.17. The van der Waals surface area contributed by atoms with Crippen molar-refractivity contribution in [3.63, 3.8) is 0 Å². The van der Waals surface area contributed by atoms with E-state index >= 15 is 0 Å². The number of Topliss-reactive ketones (excluding diaryl/α,β-unsaturated/α-hetero) is 1. The summed E-state index contributed by atoms with van der Waals surface area (Å²) in [6.07, 6.45) is 6.97. The van der Waals surface area contributed by atoms with E-state index in [1.54, 1.807) is 0 Å². The monoisotopic (exact) mass is 362 g/mol. The molecule has 0 aliphatic heterocycles. The lowest BCUT2D eigenvalue weighted by Gasteiger charge is -2.40. The van der Waals surface area contributed by atoms with E-state index in [0.717, 1.165) is 24.8 Å². The molecule has 2 aliphatic carbocycles. The van der Waals surface area contributed by atoms with Gasteiger partial charge >= 0.3 is 5.97 Å². The lowest BCUT2D eigenvalue weighted by atomic mass is 9.67. The van der Waals surface area contributed by atoms with Crippen LogP contribution in [0.3, 0.4) is 0 Å². The number of esters is 1. The average Bonchev–Trinajstić information content (AvgIpc) is 2.81. The summed E-state index contributed by atoms with van der Waals surface area (Å²) in [4.78, 5) is 24.3. The first-order valence-electron chi connectivity index (χ1n) is 9.76. The molecule has 0 aromatic heterocycles. The Morgan fingerprint density at radius 3 is 2.50 bits per heavy atom. The molecule has 0 amide bonds. The summed E-state index contributed by atoms with van der Waals surface area (Å²) < 4.78 is 5.47. The van der Waals surface area contributed by atoms with Crippen LogP contribution in [0.1, 0.15) is 73.6 Å². The zero-order valence-electron chi connectivity index (χ0n) is 17.1. The van der Waals surface area contributed by atoms with Gasteiger partial charge < -0.3 is 9.84 Å². The van der Waals surface area contributed by atoms with Crippen molar-refractivity contribution in [2.45, 2.75) is 85.4 Å². The molecule has 2 aliphatic rings. The van der Waals surface area contributed by atoms with Crippen molar-refractivity contribution >= 4 is 11.8 Å². The minimum atomic E-state index is -0.810. The smallest absolute Gasteiger partial charge is 0.303 e. The molecule has 0 heterocycles. The number of hydrogen-bond acceptors (Lipinski definition) is 4. The van der Waals surface area contributed by atoms with Crippen molar-refractivity contribution in [2.24, 2.45) is 17.3 Å². The number of aliphatic hydroxyl groups is 1. The number of carbonyl (C=O) groups is 2. The fourth-order valence-electron chi connectivity index (χ4n) is 4.59. The minimum absolute atomic E-state index is 0.0693. The molecule has 1 saturated carbocycles. The van der Waals surface area contributed by atoms with Crippen molar-refractivity contribution in [3.8, 4) is 0 Å². The molecule has 0 saturated heterocycles. The summed E-state index contributed by atoms with van der Waals surface area (Å²) in [6.45, 7) is 11.5. The quantitative estimate of drug-likeness (QED) is 0.585. The average molecular weight is 363 g/mol. The van der Waals surface area contributed by atoms with Gasteiger partial charge in [-0.1, -0.05) is 32.9 Å². The van der Waals surface area contributed by atoms with Gasteiger partial charge in [-0.2, -0.15) is 0 Å². The molecule has 4 heteroatoms. The van der Waals surface area contributed by atoms with Crippen LogP contribution < -0.4 is 0 Å². The molecule has 2 rings (SSSR count). The van der Waals surface area contributed by atoms with Gasteiger partial charge in [0.15, 0.2) is 5.78 Å². The van der Waals surface area contributed by atoms with Crippen molar-refractivity contribution in [2.75, 3.05) is 0 Å². The van der Waals surface area contributed by atoms with Crippen molar-refractivity contribution in [3.05, 3.63) is 23.3 Å². The lowest BCUT2D eigenvalue weighted by molar-refractivity contribution is -0.144. The van der Waals surface area contributed by atoms with Crippen LogP contribution in [-0.2, 0) is 14.3 Å². The van der Waals surface area contributed by atoms with E-state index in [-0.39, 0.29) is 35.1 Å². The normalized spacial score (nSPS) is 40.1. The zero-order chi connectivity index (χ0) is 19.7. The second-order valence-corrected chi connectivity index (χ2v) is 8.85. The van der Waals surface area contributed by atoms with Crippen LogP contribution in [0.15, 0.2) is 23.3 Å². The van der Waals surface area contributed by atoms with E-state index in [1.165, 1.54) is 6.92 Å². The Morgan fingerprint density at radius 1 is 1.27 bits per heavy atom. The van der Waals surface area contributed by atoms with Crippen LogP contribution in [-0.4, -0.2) is 28.6 Å². The summed E-state index contributed by atoms with van der Waals surface area (Å²) in [5.41, 5.74) is 0.757. The highest BCUT2D eigenvalue weighted by atomic mass is 16.5. The molecule has 4 nitrogen and oxygen atoms in total. The van der Waals surface area contributed by atoms with Crippen LogP contribution in [0.25, 0.3) is 0 Å². The maximum absolute atomic E-state index is 12.8. The largest absolute Gasteiger partial charge is 0.458 e. The van der Waals surface area contributed by atoms with E-state index in [0.29, 0.717) is 18.4 Å². The minimum Gasteiger partial charge on any atom is -0.458 e. The first kappa shape index (κ1) is 20.9. The highest BCUT2D eigenvalue weighted by Crippen LogP contribution is 2.56. The first-order chi connectivity index (χ1) is 12.0. The predicted molar refractivity (Wildman–Crippen MR) is 103 cm³/mol. The number of allylic oxidation sites excluding steroid dienone is 2. The Hall–Kier alpha value is -1.42. The molecule has 0 aromatic rings. The number of ketones is 1. The summed E-state index contributed by atoms with van der Waals surface area (Å²) in [6, 6.07) is 0. The first-order valence-corrected chi connectivity index (χ1v) is 9.76. The molecule has 1 fully saturated rings. The van der Waals surface area contributed by atoms with Crippen LogP contribution in [0.2, 0.25) is 0 Å². The summed E-state index contributed by atoms with van der Waals surface area (Å²) in [5.74, 6) is -0.187. The van der Waals surface area contributed by atoms with Gasteiger partial charge in [0.05, 0.1) is 5.60 Å². The molecule has 146 valence electrons. The highest BCUT2D eigenvalue weighted by molar-refractivity contribution is 5.95. The second kappa shape index (κ2) is 7.67. The topological polar surface area (TPSA) is 63.6 Å². The number of ether oxygens (including phenoxy) is 1. The fraction of sp³-hybridized carbons (Fsp3) is 0.727. The van der Waals surface area contributed by atoms with Crippen molar-refractivity contribution in [1.82, 2.24) is 0 Å². The molecule has 0 unspecified atom stereocenters. The number of hydrogen-bond donors (Lipinski definition) is 1. The van der Waals surface area contributed by atoms with Crippen molar-refractivity contribution in [1.29, 1.82) is 0 Å². The van der Waals surface area contributed by atoms with Crippen LogP contribution >= 0.6 is 0 Å². The molecule has 1 N–H and O–H groups in total. The molecule has 0 bridgehead atoms. The molecular weight excluding hydrogens is 328 g/mol. The maximum Gasteiger partial charge on any atom is 0.303 e. The summed E-state index contributed by atoms with van der Waals surface area (Å²) >= 11 is 0. The van der Waals surface area contributed by atoms with Crippen LogP contribution in [0, 0.1) is 17.3 Å². The third kappa shape index (κ3) is 4.11.